The number of primary amides is 1. The fourth-order valence-corrected chi connectivity index (χ4v) is 3.87. The van der Waals surface area contributed by atoms with E-state index in [2.05, 4.69) is 0 Å². The van der Waals surface area contributed by atoms with Crippen molar-refractivity contribution in [3.63, 3.8) is 0 Å². The van der Waals surface area contributed by atoms with Gasteiger partial charge in [0.1, 0.15) is 17.6 Å². The molecule has 9 heteroatoms. The SMILES string of the molecule is CN(C)c1ccc(C(C(N)=O)N(CCc2ccccc2)c2ccc(C(=N)N)cc2)cc1[N+](=O)[O-]. The Morgan fingerprint density at radius 1 is 1.03 bits per heavy atom. The van der Waals surface area contributed by atoms with Gasteiger partial charge in [-0.25, -0.2) is 0 Å². The van der Waals surface area contributed by atoms with Crippen LogP contribution in [0.15, 0.2) is 72.8 Å². The van der Waals surface area contributed by atoms with Gasteiger partial charge in [0.15, 0.2) is 0 Å². The highest BCUT2D eigenvalue weighted by Gasteiger charge is 2.29. The van der Waals surface area contributed by atoms with Crippen LogP contribution in [0.5, 0.6) is 0 Å². The maximum absolute atomic E-state index is 12.7. The summed E-state index contributed by atoms with van der Waals surface area (Å²) in [5.74, 6) is -0.695. The molecule has 34 heavy (non-hydrogen) atoms. The fraction of sp³-hybridized carbons (Fsp3) is 0.200. The molecular weight excluding hydrogens is 432 g/mol. The fourth-order valence-electron chi connectivity index (χ4n) is 3.87. The third-order valence-electron chi connectivity index (χ3n) is 5.57. The van der Waals surface area contributed by atoms with Crippen LogP contribution in [-0.2, 0) is 11.2 Å². The van der Waals surface area contributed by atoms with Gasteiger partial charge < -0.3 is 21.3 Å². The maximum Gasteiger partial charge on any atom is 0.292 e. The highest BCUT2D eigenvalue weighted by Crippen LogP contribution is 2.34. The second-order valence-corrected chi connectivity index (χ2v) is 8.09. The first-order chi connectivity index (χ1) is 16.2. The molecule has 0 bridgehead atoms. The summed E-state index contributed by atoms with van der Waals surface area (Å²) in [5.41, 5.74) is 14.5. The molecule has 0 fully saturated rings. The molecule has 0 aromatic heterocycles. The number of anilines is 2. The van der Waals surface area contributed by atoms with Gasteiger partial charge in [0.2, 0.25) is 5.91 Å². The Kier molecular flexibility index (Phi) is 7.47. The van der Waals surface area contributed by atoms with E-state index >= 15 is 0 Å². The molecule has 0 aliphatic heterocycles. The standard InChI is InChI=1S/C25H28N6O3/c1-29(2)21-13-10-19(16-22(21)31(33)34)23(25(28)32)30(15-14-17-6-4-3-5-7-17)20-11-8-18(9-12-20)24(26)27/h3-13,16,23H,14-15H2,1-2H3,(H3,26,27)(H2,28,32). The first-order valence-electron chi connectivity index (χ1n) is 10.7. The summed E-state index contributed by atoms with van der Waals surface area (Å²) in [5, 5.41) is 19.4. The van der Waals surface area contributed by atoms with E-state index < -0.39 is 16.9 Å². The molecule has 3 rings (SSSR count). The number of amidine groups is 1. The van der Waals surface area contributed by atoms with Crippen molar-refractivity contribution in [2.45, 2.75) is 12.5 Å². The molecule has 0 aliphatic rings. The number of hydrogen-bond donors (Lipinski definition) is 3. The number of nitro benzene ring substituents is 1. The number of nitrogens with two attached hydrogens (primary N) is 2. The van der Waals surface area contributed by atoms with Crippen molar-refractivity contribution < 1.29 is 9.72 Å². The molecule has 0 aliphatic carbocycles. The smallest absolute Gasteiger partial charge is 0.292 e. The minimum atomic E-state index is -0.943. The number of nitro groups is 1. The number of nitrogens with one attached hydrogen (secondary N) is 1. The van der Waals surface area contributed by atoms with E-state index in [4.69, 9.17) is 16.9 Å². The number of hydrogen-bond acceptors (Lipinski definition) is 6. The molecule has 0 saturated carbocycles. The zero-order valence-corrected chi connectivity index (χ0v) is 19.1. The third kappa shape index (κ3) is 5.50. The van der Waals surface area contributed by atoms with Crippen molar-refractivity contribution in [3.05, 3.63) is 99.6 Å². The average Bonchev–Trinajstić information content (AvgIpc) is 2.81. The van der Waals surface area contributed by atoms with Crippen molar-refractivity contribution in [1.29, 1.82) is 5.41 Å². The van der Waals surface area contributed by atoms with Crippen molar-refractivity contribution in [1.82, 2.24) is 0 Å². The highest BCUT2D eigenvalue weighted by atomic mass is 16.6. The van der Waals surface area contributed by atoms with Crippen molar-refractivity contribution >= 4 is 28.8 Å². The molecule has 5 N–H and O–H groups in total. The van der Waals surface area contributed by atoms with Crippen LogP contribution in [-0.4, -0.2) is 37.3 Å². The van der Waals surface area contributed by atoms with Crippen LogP contribution in [0.4, 0.5) is 17.1 Å². The van der Waals surface area contributed by atoms with Crippen LogP contribution < -0.4 is 21.3 Å². The molecule has 0 saturated heterocycles. The number of carbonyl (C=O) groups is 1. The Labute approximate surface area is 198 Å². The van der Waals surface area contributed by atoms with Gasteiger partial charge in [0, 0.05) is 38.0 Å². The van der Waals surface area contributed by atoms with Crippen LogP contribution in [0.25, 0.3) is 0 Å². The summed E-state index contributed by atoms with van der Waals surface area (Å²) in [6.07, 6.45) is 0.622. The Balaban J connectivity index is 2.08. The Bertz CT molecular complexity index is 1180. The van der Waals surface area contributed by atoms with E-state index in [0.29, 0.717) is 35.5 Å². The van der Waals surface area contributed by atoms with Gasteiger partial charge in [-0.15, -0.1) is 0 Å². The van der Waals surface area contributed by atoms with Crippen molar-refractivity contribution in [2.75, 3.05) is 30.4 Å². The summed E-state index contributed by atoms with van der Waals surface area (Å²) in [6, 6.07) is 20.5. The summed E-state index contributed by atoms with van der Waals surface area (Å²) in [6.45, 7) is 0.431. The molecule has 1 atom stereocenters. The molecule has 9 nitrogen and oxygen atoms in total. The van der Waals surface area contributed by atoms with E-state index in [1.54, 1.807) is 55.4 Å². The van der Waals surface area contributed by atoms with Gasteiger partial charge >= 0.3 is 0 Å². The Morgan fingerprint density at radius 2 is 1.68 bits per heavy atom. The summed E-state index contributed by atoms with van der Waals surface area (Å²) >= 11 is 0. The van der Waals surface area contributed by atoms with Gasteiger partial charge in [-0.1, -0.05) is 36.4 Å². The lowest BCUT2D eigenvalue weighted by atomic mass is 10.0. The van der Waals surface area contributed by atoms with Crippen LogP contribution in [0, 0.1) is 15.5 Å². The average molecular weight is 461 g/mol. The van der Waals surface area contributed by atoms with Gasteiger partial charge in [-0.3, -0.25) is 20.3 Å². The number of benzene rings is 3. The van der Waals surface area contributed by atoms with Gasteiger partial charge in [-0.2, -0.15) is 0 Å². The molecule has 0 radical (unpaired) electrons. The predicted octanol–water partition coefficient (Wildman–Crippen LogP) is 3.22. The maximum atomic E-state index is 12.7. The Hall–Kier alpha value is -4.40. The molecule has 3 aromatic carbocycles. The first-order valence-corrected chi connectivity index (χ1v) is 10.7. The van der Waals surface area contributed by atoms with Gasteiger partial charge in [0.05, 0.1) is 4.92 Å². The second-order valence-electron chi connectivity index (χ2n) is 8.09. The predicted molar refractivity (Wildman–Crippen MR) is 134 cm³/mol. The first kappa shape index (κ1) is 24.2. The van der Waals surface area contributed by atoms with Gasteiger partial charge in [0.25, 0.3) is 5.69 Å². The van der Waals surface area contributed by atoms with Crippen LogP contribution in [0.1, 0.15) is 22.7 Å². The minimum absolute atomic E-state index is 0.0660. The normalized spacial score (nSPS) is 11.5. The second kappa shape index (κ2) is 10.5. The zero-order chi connectivity index (χ0) is 24.8. The molecule has 3 aromatic rings. The van der Waals surface area contributed by atoms with Gasteiger partial charge in [-0.05, 0) is 47.9 Å². The topological polar surface area (TPSA) is 143 Å². The van der Waals surface area contributed by atoms with Crippen LogP contribution in [0.2, 0.25) is 0 Å². The van der Waals surface area contributed by atoms with E-state index in [9.17, 15) is 14.9 Å². The number of carbonyl (C=O) groups excluding carboxylic acids is 1. The monoisotopic (exact) mass is 460 g/mol. The Morgan fingerprint density at radius 3 is 2.21 bits per heavy atom. The number of nitrogens with zero attached hydrogens (tertiary/aromatic N) is 3. The number of rotatable bonds is 10. The molecule has 1 unspecified atom stereocenters. The number of amides is 1. The molecule has 0 spiro atoms. The summed E-state index contributed by atoms with van der Waals surface area (Å²) < 4.78 is 0. The summed E-state index contributed by atoms with van der Waals surface area (Å²) in [4.78, 5) is 27.5. The van der Waals surface area contributed by atoms with Crippen molar-refractivity contribution in [2.24, 2.45) is 11.5 Å². The number of nitrogen functional groups attached to an aromatic ring is 1. The minimum Gasteiger partial charge on any atom is -0.384 e. The highest BCUT2D eigenvalue weighted by molar-refractivity contribution is 5.95. The van der Waals surface area contributed by atoms with Crippen LogP contribution in [0.3, 0.4) is 0 Å². The zero-order valence-electron chi connectivity index (χ0n) is 19.1. The lowest BCUT2D eigenvalue weighted by Gasteiger charge is -2.32. The molecule has 0 heterocycles. The van der Waals surface area contributed by atoms with Crippen LogP contribution >= 0.6 is 0 Å². The van der Waals surface area contributed by atoms with Crippen molar-refractivity contribution in [3.8, 4) is 0 Å². The van der Waals surface area contributed by atoms with E-state index in [1.165, 1.54) is 6.07 Å². The molecular formula is C25H28N6O3. The molecule has 176 valence electrons. The van der Waals surface area contributed by atoms with E-state index in [-0.39, 0.29) is 11.5 Å². The summed E-state index contributed by atoms with van der Waals surface area (Å²) in [7, 11) is 3.44. The third-order valence-corrected chi connectivity index (χ3v) is 5.57. The quantitative estimate of drug-likeness (QED) is 0.183. The van der Waals surface area contributed by atoms with E-state index in [1.807, 2.05) is 35.2 Å². The lowest BCUT2D eigenvalue weighted by Crippen LogP contribution is -2.39. The lowest BCUT2D eigenvalue weighted by molar-refractivity contribution is -0.384. The largest absolute Gasteiger partial charge is 0.384 e. The van der Waals surface area contributed by atoms with E-state index in [0.717, 1.165) is 5.56 Å². The molecule has 1 amide bonds.